The first-order valence-corrected chi connectivity index (χ1v) is 7.36. The largest absolute Gasteiger partial charge is 0.354 e. The summed E-state index contributed by atoms with van der Waals surface area (Å²) in [5.41, 5.74) is 1.46. The smallest absolute Gasteiger partial charge is 0.271 e. The number of carbonyl (C=O) groups is 2. The molecule has 0 radical (unpaired) electrons. The zero-order chi connectivity index (χ0) is 17.0. The maximum Gasteiger partial charge on any atom is 0.271 e. The second-order valence-electron chi connectivity index (χ2n) is 5.28. The van der Waals surface area contributed by atoms with Gasteiger partial charge in [0.25, 0.3) is 11.8 Å². The number of aryl methyl sites for hydroxylation is 1. The third-order valence-electron chi connectivity index (χ3n) is 3.62. The number of nitrogens with one attached hydrogen (secondary N) is 2. The molecule has 2 amide bonds. The Hall–Kier alpha value is -2.77. The summed E-state index contributed by atoms with van der Waals surface area (Å²) in [6.07, 6.45) is 3.92. The van der Waals surface area contributed by atoms with Crippen molar-refractivity contribution < 1.29 is 9.59 Å². The van der Waals surface area contributed by atoms with E-state index in [0.717, 1.165) is 12.0 Å². The van der Waals surface area contributed by atoms with Crippen molar-refractivity contribution >= 4 is 17.6 Å². The summed E-state index contributed by atoms with van der Waals surface area (Å²) in [6.45, 7) is 4.02. The van der Waals surface area contributed by atoms with E-state index in [1.54, 1.807) is 31.0 Å². The Balaban J connectivity index is 2.29. The molecule has 2 aromatic rings. The fourth-order valence-electron chi connectivity index (χ4n) is 2.08. The lowest BCUT2D eigenvalue weighted by Gasteiger charge is -2.14. The standard InChI is InChI=1S/C15H20N6O2/c1-5-9(2)11-6-12(19-20-13(11)15(23)16-3)18-14(22)10-7-17-21(4)8-10/h6-9H,5H2,1-4H3,(H,16,23)(H,18,19,22). The van der Waals surface area contributed by atoms with E-state index in [9.17, 15) is 9.59 Å². The van der Waals surface area contributed by atoms with Gasteiger partial charge in [0, 0.05) is 20.3 Å². The SMILES string of the molecule is CCC(C)c1cc(NC(=O)c2cnn(C)c2)nnc1C(=O)NC. The molecule has 0 aliphatic rings. The zero-order valence-electron chi connectivity index (χ0n) is 13.6. The first kappa shape index (κ1) is 16.6. The third kappa shape index (κ3) is 3.71. The molecule has 0 aliphatic heterocycles. The first-order valence-electron chi connectivity index (χ1n) is 7.36. The van der Waals surface area contributed by atoms with Crippen LogP contribution in [0, 0.1) is 0 Å². The van der Waals surface area contributed by atoms with E-state index in [0.29, 0.717) is 11.4 Å². The minimum Gasteiger partial charge on any atom is -0.354 e. The predicted molar refractivity (Wildman–Crippen MR) is 85.3 cm³/mol. The van der Waals surface area contributed by atoms with Crippen LogP contribution in [0.25, 0.3) is 0 Å². The van der Waals surface area contributed by atoms with E-state index in [2.05, 4.69) is 25.9 Å². The van der Waals surface area contributed by atoms with Crippen LogP contribution in [0.15, 0.2) is 18.5 Å². The fraction of sp³-hybridized carbons (Fsp3) is 0.400. The van der Waals surface area contributed by atoms with Crippen LogP contribution in [0.2, 0.25) is 0 Å². The monoisotopic (exact) mass is 316 g/mol. The van der Waals surface area contributed by atoms with Crippen molar-refractivity contribution in [3.05, 3.63) is 35.3 Å². The van der Waals surface area contributed by atoms with Gasteiger partial charge in [0.05, 0.1) is 11.8 Å². The summed E-state index contributed by atoms with van der Waals surface area (Å²) in [5.74, 6) is -0.193. The van der Waals surface area contributed by atoms with Crippen LogP contribution >= 0.6 is 0 Å². The maximum absolute atomic E-state index is 12.1. The highest BCUT2D eigenvalue weighted by Crippen LogP contribution is 2.23. The molecule has 0 bridgehead atoms. The summed E-state index contributed by atoms with van der Waals surface area (Å²) in [5, 5.41) is 17.1. The number of carbonyl (C=O) groups excluding carboxylic acids is 2. The summed E-state index contributed by atoms with van der Waals surface area (Å²) < 4.78 is 1.54. The van der Waals surface area contributed by atoms with Gasteiger partial charge >= 0.3 is 0 Å². The van der Waals surface area contributed by atoms with Gasteiger partial charge in [-0.2, -0.15) is 5.10 Å². The molecule has 0 spiro atoms. The van der Waals surface area contributed by atoms with Crippen molar-refractivity contribution in [1.82, 2.24) is 25.3 Å². The minimum atomic E-state index is -0.324. The number of hydrogen-bond acceptors (Lipinski definition) is 5. The molecule has 8 heteroatoms. The van der Waals surface area contributed by atoms with Crippen LogP contribution in [-0.2, 0) is 7.05 Å². The van der Waals surface area contributed by atoms with Crippen molar-refractivity contribution in [2.24, 2.45) is 7.05 Å². The van der Waals surface area contributed by atoms with Crippen LogP contribution in [0.4, 0.5) is 5.82 Å². The van der Waals surface area contributed by atoms with Gasteiger partial charge < -0.3 is 10.6 Å². The predicted octanol–water partition coefficient (Wildman–Crippen LogP) is 1.34. The highest BCUT2D eigenvalue weighted by Gasteiger charge is 2.19. The van der Waals surface area contributed by atoms with E-state index in [1.807, 2.05) is 13.8 Å². The molecule has 2 aromatic heterocycles. The molecule has 8 nitrogen and oxygen atoms in total. The van der Waals surface area contributed by atoms with Crippen molar-refractivity contribution in [3.63, 3.8) is 0 Å². The molecule has 0 saturated heterocycles. The molecule has 0 aromatic carbocycles. The Morgan fingerprint density at radius 3 is 2.61 bits per heavy atom. The summed E-state index contributed by atoms with van der Waals surface area (Å²) >= 11 is 0. The molecular formula is C15H20N6O2. The van der Waals surface area contributed by atoms with Crippen LogP contribution < -0.4 is 10.6 Å². The first-order chi connectivity index (χ1) is 11.0. The number of rotatable bonds is 5. The Morgan fingerprint density at radius 1 is 1.30 bits per heavy atom. The van der Waals surface area contributed by atoms with Crippen LogP contribution in [-0.4, -0.2) is 38.8 Å². The summed E-state index contributed by atoms with van der Waals surface area (Å²) in [6, 6.07) is 1.69. The average Bonchev–Trinajstić information content (AvgIpc) is 3.00. The molecule has 0 aliphatic carbocycles. The molecular weight excluding hydrogens is 296 g/mol. The Kier molecular flexibility index (Phi) is 5.05. The lowest BCUT2D eigenvalue weighted by atomic mass is 9.97. The second-order valence-corrected chi connectivity index (χ2v) is 5.28. The molecule has 122 valence electrons. The van der Waals surface area contributed by atoms with Gasteiger partial charge in [-0.05, 0) is 24.0 Å². The van der Waals surface area contributed by atoms with Crippen LogP contribution in [0.5, 0.6) is 0 Å². The third-order valence-corrected chi connectivity index (χ3v) is 3.62. The molecule has 2 rings (SSSR count). The lowest BCUT2D eigenvalue weighted by molar-refractivity contribution is 0.0955. The van der Waals surface area contributed by atoms with E-state index in [1.165, 1.54) is 6.20 Å². The van der Waals surface area contributed by atoms with E-state index < -0.39 is 0 Å². The Bertz CT molecular complexity index is 725. The number of aromatic nitrogens is 4. The second kappa shape index (κ2) is 6.99. The number of anilines is 1. The number of nitrogens with zero attached hydrogens (tertiary/aromatic N) is 4. The van der Waals surface area contributed by atoms with E-state index in [4.69, 9.17) is 0 Å². The van der Waals surface area contributed by atoms with Crippen molar-refractivity contribution in [2.45, 2.75) is 26.2 Å². The van der Waals surface area contributed by atoms with Gasteiger partial charge in [0.15, 0.2) is 11.5 Å². The van der Waals surface area contributed by atoms with Crippen molar-refractivity contribution in [3.8, 4) is 0 Å². The van der Waals surface area contributed by atoms with Crippen LogP contribution in [0.1, 0.15) is 52.6 Å². The quantitative estimate of drug-likeness (QED) is 0.866. The van der Waals surface area contributed by atoms with Gasteiger partial charge in [-0.1, -0.05) is 13.8 Å². The highest BCUT2D eigenvalue weighted by molar-refractivity contribution is 6.03. The van der Waals surface area contributed by atoms with Crippen molar-refractivity contribution in [1.29, 1.82) is 0 Å². The number of amides is 2. The molecule has 0 fully saturated rings. The van der Waals surface area contributed by atoms with E-state index in [-0.39, 0.29) is 23.4 Å². The minimum absolute atomic E-state index is 0.117. The summed E-state index contributed by atoms with van der Waals surface area (Å²) in [7, 11) is 3.28. The highest BCUT2D eigenvalue weighted by atomic mass is 16.2. The van der Waals surface area contributed by atoms with Gasteiger partial charge in [0.1, 0.15) is 0 Å². The number of hydrogen-bond donors (Lipinski definition) is 2. The Morgan fingerprint density at radius 2 is 2.04 bits per heavy atom. The van der Waals surface area contributed by atoms with E-state index >= 15 is 0 Å². The molecule has 23 heavy (non-hydrogen) atoms. The average molecular weight is 316 g/mol. The van der Waals surface area contributed by atoms with Crippen LogP contribution in [0.3, 0.4) is 0 Å². The normalized spacial score (nSPS) is 11.8. The zero-order valence-corrected chi connectivity index (χ0v) is 13.6. The molecule has 1 atom stereocenters. The molecule has 2 heterocycles. The topological polar surface area (TPSA) is 102 Å². The maximum atomic E-state index is 12.1. The van der Waals surface area contributed by atoms with Gasteiger partial charge in [-0.3, -0.25) is 14.3 Å². The van der Waals surface area contributed by atoms with Gasteiger partial charge in [-0.15, -0.1) is 10.2 Å². The van der Waals surface area contributed by atoms with Gasteiger partial charge in [-0.25, -0.2) is 0 Å². The van der Waals surface area contributed by atoms with Gasteiger partial charge in [0.2, 0.25) is 0 Å². The van der Waals surface area contributed by atoms with Crippen molar-refractivity contribution in [2.75, 3.05) is 12.4 Å². The molecule has 0 saturated carbocycles. The summed E-state index contributed by atoms with van der Waals surface area (Å²) in [4.78, 5) is 24.0. The molecule has 1 unspecified atom stereocenters. The molecule has 2 N–H and O–H groups in total. The Labute approximate surface area is 134 Å². The lowest BCUT2D eigenvalue weighted by Crippen LogP contribution is -2.23. The fourth-order valence-corrected chi connectivity index (χ4v) is 2.08.